The van der Waals surface area contributed by atoms with Gasteiger partial charge in [0.05, 0.1) is 0 Å². The first-order valence-electron chi connectivity index (χ1n) is 7.79. The van der Waals surface area contributed by atoms with Crippen molar-refractivity contribution in [1.29, 1.82) is 0 Å². The lowest BCUT2D eigenvalue weighted by molar-refractivity contribution is 0.228. The predicted molar refractivity (Wildman–Crippen MR) is 87.0 cm³/mol. The monoisotopic (exact) mass is 306 g/mol. The SMILES string of the molecule is C[C@@H](CNC(=O)NC1CCN(c2ncccn2)CC1)N(C)C. The normalized spacial score (nSPS) is 17.4. The maximum absolute atomic E-state index is 11.9. The average Bonchev–Trinajstić information content (AvgIpc) is 2.54. The number of likely N-dealkylation sites (N-methyl/N-ethyl adjacent to an activating group) is 1. The van der Waals surface area contributed by atoms with Crippen LogP contribution in [-0.2, 0) is 0 Å². The van der Waals surface area contributed by atoms with Crippen LogP contribution in [0.5, 0.6) is 0 Å². The average molecular weight is 306 g/mol. The number of hydrogen-bond donors (Lipinski definition) is 2. The van der Waals surface area contributed by atoms with Crippen molar-refractivity contribution in [2.24, 2.45) is 0 Å². The van der Waals surface area contributed by atoms with Crippen LogP contribution in [0.3, 0.4) is 0 Å². The molecule has 1 aliphatic rings. The minimum atomic E-state index is -0.0805. The van der Waals surface area contributed by atoms with E-state index in [1.807, 2.05) is 20.2 Å². The topological polar surface area (TPSA) is 73.4 Å². The minimum absolute atomic E-state index is 0.0805. The van der Waals surface area contributed by atoms with Crippen molar-refractivity contribution in [3.05, 3.63) is 18.5 Å². The van der Waals surface area contributed by atoms with Gasteiger partial charge in [-0.1, -0.05) is 0 Å². The Morgan fingerprint density at radius 1 is 1.36 bits per heavy atom. The molecule has 1 atom stereocenters. The molecule has 0 aliphatic carbocycles. The highest BCUT2D eigenvalue weighted by atomic mass is 16.2. The lowest BCUT2D eigenvalue weighted by Gasteiger charge is -2.32. The molecule has 2 N–H and O–H groups in total. The van der Waals surface area contributed by atoms with Gasteiger partial charge in [0.2, 0.25) is 5.95 Å². The lowest BCUT2D eigenvalue weighted by Crippen LogP contribution is -2.50. The van der Waals surface area contributed by atoms with E-state index in [4.69, 9.17) is 0 Å². The largest absolute Gasteiger partial charge is 0.341 e. The zero-order chi connectivity index (χ0) is 15.9. The van der Waals surface area contributed by atoms with Gasteiger partial charge in [-0.25, -0.2) is 14.8 Å². The number of carbonyl (C=O) groups is 1. The van der Waals surface area contributed by atoms with E-state index in [0.717, 1.165) is 31.9 Å². The number of carbonyl (C=O) groups excluding carboxylic acids is 1. The quantitative estimate of drug-likeness (QED) is 0.837. The number of hydrogen-bond acceptors (Lipinski definition) is 5. The first-order valence-corrected chi connectivity index (χ1v) is 7.79. The van der Waals surface area contributed by atoms with Crippen molar-refractivity contribution in [3.8, 4) is 0 Å². The van der Waals surface area contributed by atoms with Crippen LogP contribution in [0.1, 0.15) is 19.8 Å². The first-order chi connectivity index (χ1) is 10.6. The van der Waals surface area contributed by atoms with Crippen LogP contribution < -0.4 is 15.5 Å². The molecule has 22 heavy (non-hydrogen) atoms. The van der Waals surface area contributed by atoms with Gasteiger partial charge in [0.1, 0.15) is 0 Å². The second kappa shape index (κ2) is 7.93. The molecule has 0 radical (unpaired) electrons. The van der Waals surface area contributed by atoms with E-state index in [1.165, 1.54) is 0 Å². The molecule has 1 aromatic heterocycles. The third kappa shape index (κ3) is 4.84. The minimum Gasteiger partial charge on any atom is -0.341 e. The Morgan fingerprint density at radius 3 is 2.59 bits per heavy atom. The number of piperidine rings is 1. The van der Waals surface area contributed by atoms with Gasteiger partial charge in [-0.05, 0) is 39.9 Å². The molecule has 2 amide bonds. The molecule has 1 aliphatic heterocycles. The fourth-order valence-electron chi connectivity index (χ4n) is 2.34. The Kier molecular flexibility index (Phi) is 5.94. The van der Waals surface area contributed by atoms with Crippen molar-refractivity contribution in [2.45, 2.75) is 31.8 Å². The van der Waals surface area contributed by atoms with E-state index >= 15 is 0 Å². The van der Waals surface area contributed by atoms with E-state index in [1.54, 1.807) is 12.4 Å². The molecule has 122 valence electrons. The Hall–Kier alpha value is -1.89. The summed E-state index contributed by atoms with van der Waals surface area (Å²) in [5, 5.41) is 5.97. The van der Waals surface area contributed by atoms with E-state index in [2.05, 4.69) is 37.3 Å². The number of amides is 2. The van der Waals surface area contributed by atoms with Crippen LogP contribution in [0, 0.1) is 0 Å². The Bertz CT molecular complexity index is 458. The second-order valence-electron chi connectivity index (χ2n) is 5.98. The summed E-state index contributed by atoms with van der Waals surface area (Å²) in [6.45, 7) is 4.46. The molecular formula is C15H26N6O. The van der Waals surface area contributed by atoms with Crippen LogP contribution >= 0.6 is 0 Å². The summed E-state index contributed by atoms with van der Waals surface area (Å²) >= 11 is 0. The molecule has 2 heterocycles. The third-order valence-corrected chi connectivity index (χ3v) is 4.10. The van der Waals surface area contributed by atoms with Crippen molar-refractivity contribution >= 4 is 12.0 Å². The molecule has 0 bridgehead atoms. The molecule has 1 aromatic rings. The summed E-state index contributed by atoms with van der Waals surface area (Å²) in [5.41, 5.74) is 0. The summed E-state index contributed by atoms with van der Waals surface area (Å²) in [7, 11) is 4.01. The summed E-state index contributed by atoms with van der Waals surface area (Å²) in [6, 6.07) is 2.28. The smallest absolute Gasteiger partial charge is 0.315 e. The highest BCUT2D eigenvalue weighted by Crippen LogP contribution is 2.15. The second-order valence-corrected chi connectivity index (χ2v) is 5.98. The van der Waals surface area contributed by atoms with Gasteiger partial charge in [0, 0.05) is 44.1 Å². The zero-order valence-electron chi connectivity index (χ0n) is 13.6. The Balaban J connectivity index is 1.70. The van der Waals surface area contributed by atoms with Gasteiger partial charge in [-0.3, -0.25) is 0 Å². The van der Waals surface area contributed by atoms with Gasteiger partial charge in [-0.2, -0.15) is 0 Å². The van der Waals surface area contributed by atoms with Gasteiger partial charge in [0.15, 0.2) is 0 Å². The summed E-state index contributed by atoms with van der Waals surface area (Å²) in [4.78, 5) is 24.7. The van der Waals surface area contributed by atoms with Crippen LogP contribution in [0.15, 0.2) is 18.5 Å². The van der Waals surface area contributed by atoms with Gasteiger partial charge in [0.25, 0.3) is 0 Å². The van der Waals surface area contributed by atoms with Gasteiger partial charge >= 0.3 is 6.03 Å². The van der Waals surface area contributed by atoms with E-state index in [9.17, 15) is 4.79 Å². The molecule has 0 spiro atoms. The molecule has 0 unspecified atom stereocenters. The lowest BCUT2D eigenvalue weighted by atomic mass is 10.1. The number of anilines is 1. The highest BCUT2D eigenvalue weighted by molar-refractivity contribution is 5.74. The maximum Gasteiger partial charge on any atom is 0.315 e. The van der Waals surface area contributed by atoms with E-state index in [0.29, 0.717) is 12.6 Å². The van der Waals surface area contributed by atoms with Crippen LogP contribution in [0.2, 0.25) is 0 Å². The number of aromatic nitrogens is 2. The van der Waals surface area contributed by atoms with Crippen molar-refractivity contribution in [3.63, 3.8) is 0 Å². The molecule has 7 nitrogen and oxygen atoms in total. The van der Waals surface area contributed by atoms with Gasteiger partial charge < -0.3 is 20.4 Å². The molecule has 0 aromatic carbocycles. The van der Waals surface area contributed by atoms with E-state index in [-0.39, 0.29) is 12.1 Å². The molecular weight excluding hydrogens is 280 g/mol. The first kappa shape index (κ1) is 16.5. The van der Waals surface area contributed by atoms with Crippen LogP contribution in [-0.4, -0.2) is 66.7 Å². The number of nitrogens with one attached hydrogen (secondary N) is 2. The number of urea groups is 1. The Labute approximate surface area is 132 Å². The zero-order valence-corrected chi connectivity index (χ0v) is 13.6. The summed E-state index contributed by atoms with van der Waals surface area (Å²) < 4.78 is 0. The molecule has 0 saturated carbocycles. The van der Waals surface area contributed by atoms with Crippen LogP contribution in [0.25, 0.3) is 0 Å². The molecule has 1 fully saturated rings. The Morgan fingerprint density at radius 2 is 2.00 bits per heavy atom. The third-order valence-electron chi connectivity index (χ3n) is 4.10. The standard InChI is InChI=1S/C15H26N6O/c1-12(20(2)3)11-18-15(22)19-13-5-9-21(10-6-13)14-16-7-4-8-17-14/h4,7-8,12-13H,5-6,9-11H2,1-3H3,(H2,18,19,22)/t12-/m0/s1. The number of nitrogens with zero attached hydrogens (tertiary/aromatic N) is 4. The predicted octanol–water partition coefficient (Wildman–Crippen LogP) is 0.695. The summed E-state index contributed by atoms with van der Waals surface area (Å²) in [5.74, 6) is 0.769. The van der Waals surface area contributed by atoms with Crippen LogP contribution in [0.4, 0.5) is 10.7 Å². The highest BCUT2D eigenvalue weighted by Gasteiger charge is 2.22. The molecule has 1 saturated heterocycles. The van der Waals surface area contributed by atoms with Crippen molar-refractivity contribution in [2.75, 3.05) is 38.6 Å². The fraction of sp³-hybridized carbons (Fsp3) is 0.667. The van der Waals surface area contributed by atoms with Crippen molar-refractivity contribution < 1.29 is 4.79 Å². The maximum atomic E-state index is 11.9. The number of rotatable bonds is 5. The van der Waals surface area contributed by atoms with Crippen molar-refractivity contribution in [1.82, 2.24) is 25.5 Å². The molecule has 2 rings (SSSR count). The fourth-order valence-corrected chi connectivity index (χ4v) is 2.34. The summed E-state index contributed by atoms with van der Waals surface area (Å²) in [6.07, 6.45) is 5.34. The van der Waals surface area contributed by atoms with E-state index < -0.39 is 0 Å². The molecule has 7 heteroatoms. The van der Waals surface area contributed by atoms with Gasteiger partial charge in [-0.15, -0.1) is 0 Å².